The number of fused-ring (bicyclic) bond motifs is 1. The lowest BCUT2D eigenvalue weighted by atomic mass is 9.88. The molecular weight excluding hydrogens is 367 g/mol. The Morgan fingerprint density at radius 3 is 2.75 bits per heavy atom. The van der Waals surface area contributed by atoms with Crippen molar-refractivity contribution >= 4 is 51.4 Å². The molecule has 0 spiro atoms. The molecule has 0 saturated heterocycles. The Bertz CT molecular complexity index is 832. The highest BCUT2D eigenvalue weighted by atomic mass is 35.5. The van der Waals surface area contributed by atoms with Crippen molar-refractivity contribution in [3.63, 3.8) is 0 Å². The normalized spacial score (nSPS) is 16.5. The lowest BCUT2D eigenvalue weighted by Crippen LogP contribution is -2.19. The summed E-state index contributed by atoms with van der Waals surface area (Å²) in [5.41, 5.74) is 7.26. The number of carbonyl (C=O) groups excluding carboxylic acids is 2. The largest absolute Gasteiger partial charge is 0.365 e. The molecule has 1 aliphatic rings. The fraction of sp³-hybridized carbons (Fsp3) is 0.294. The first-order valence-electron chi connectivity index (χ1n) is 7.57. The number of hydrogen-bond donors (Lipinski definition) is 2. The summed E-state index contributed by atoms with van der Waals surface area (Å²) in [6.07, 6.45) is 2.72. The van der Waals surface area contributed by atoms with Crippen LogP contribution in [0.2, 0.25) is 10.0 Å². The van der Waals surface area contributed by atoms with Crippen molar-refractivity contribution < 1.29 is 9.59 Å². The molecule has 4 nitrogen and oxygen atoms in total. The molecule has 3 rings (SSSR count). The summed E-state index contributed by atoms with van der Waals surface area (Å²) < 4.78 is 0. The molecule has 0 radical (unpaired) electrons. The molecule has 0 fully saturated rings. The van der Waals surface area contributed by atoms with Gasteiger partial charge in [0.25, 0.3) is 11.8 Å². The predicted octanol–water partition coefficient (Wildman–Crippen LogP) is 4.53. The van der Waals surface area contributed by atoms with Gasteiger partial charge in [-0.25, -0.2) is 0 Å². The molecule has 2 aromatic rings. The van der Waals surface area contributed by atoms with Crippen molar-refractivity contribution in [1.82, 2.24) is 0 Å². The van der Waals surface area contributed by atoms with Crippen LogP contribution in [0.1, 0.15) is 44.5 Å². The number of halogens is 2. The Balaban J connectivity index is 1.95. The van der Waals surface area contributed by atoms with E-state index in [1.165, 1.54) is 17.4 Å². The van der Waals surface area contributed by atoms with Gasteiger partial charge in [-0.05, 0) is 48.9 Å². The molecule has 0 bridgehead atoms. The fourth-order valence-corrected chi connectivity index (χ4v) is 4.85. The number of hydrogen-bond acceptors (Lipinski definition) is 3. The second kappa shape index (κ2) is 6.75. The highest BCUT2D eigenvalue weighted by molar-refractivity contribution is 7.17. The fourth-order valence-electron chi connectivity index (χ4n) is 2.94. The Morgan fingerprint density at radius 2 is 2.08 bits per heavy atom. The molecule has 24 heavy (non-hydrogen) atoms. The van der Waals surface area contributed by atoms with Crippen molar-refractivity contribution in [2.45, 2.75) is 26.2 Å². The van der Waals surface area contributed by atoms with Crippen LogP contribution in [0, 0.1) is 5.92 Å². The summed E-state index contributed by atoms with van der Waals surface area (Å²) in [6.45, 7) is 2.18. The maximum atomic E-state index is 12.5. The molecule has 0 unspecified atom stereocenters. The van der Waals surface area contributed by atoms with Gasteiger partial charge >= 0.3 is 0 Å². The highest BCUT2D eigenvalue weighted by Crippen LogP contribution is 2.39. The first-order valence-corrected chi connectivity index (χ1v) is 9.14. The van der Waals surface area contributed by atoms with Crippen LogP contribution in [0.15, 0.2) is 18.2 Å². The third kappa shape index (κ3) is 3.29. The minimum atomic E-state index is -0.514. The molecular formula is C17H16Cl2N2O2S. The summed E-state index contributed by atoms with van der Waals surface area (Å²) in [5.74, 6) is -0.337. The van der Waals surface area contributed by atoms with Crippen LogP contribution in [0.5, 0.6) is 0 Å². The molecule has 126 valence electrons. The number of anilines is 1. The van der Waals surface area contributed by atoms with Crippen molar-refractivity contribution in [2.75, 3.05) is 5.32 Å². The number of amides is 2. The van der Waals surface area contributed by atoms with Gasteiger partial charge in [0, 0.05) is 9.90 Å². The zero-order valence-corrected chi connectivity index (χ0v) is 15.3. The Morgan fingerprint density at radius 1 is 1.33 bits per heavy atom. The van der Waals surface area contributed by atoms with Crippen molar-refractivity contribution in [3.05, 3.63) is 49.8 Å². The molecule has 2 amide bonds. The number of rotatable bonds is 3. The number of nitrogens with one attached hydrogen (secondary N) is 1. The lowest BCUT2D eigenvalue weighted by Gasteiger charge is -2.18. The molecule has 1 aromatic heterocycles. The maximum Gasteiger partial charge on any atom is 0.257 e. The average molecular weight is 383 g/mol. The van der Waals surface area contributed by atoms with E-state index < -0.39 is 5.91 Å². The van der Waals surface area contributed by atoms with E-state index >= 15 is 0 Å². The second-order valence-corrected chi connectivity index (χ2v) is 7.95. The molecule has 0 aliphatic heterocycles. The topological polar surface area (TPSA) is 72.2 Å². The van der Waals surface area contributed by atoms with Gasteiger partial charge in [0.2, 0.25) is 0 Å². The highest BCUT2D eigenvalue weighted by Gasteiger charge is 2.27. The van der Waals surface area contributed by atoms with Crippen LogP contribution in [-0.2, 0) is 12.8 Å². The first kappa shape index (κ1) is 17.3. The Labute approximate surface area is 153 Å². The predicted molar refractivity (Wildman–Crippen MR) is 98.4 cm³/mol. The zero-order valence-electron chi connectivity index (χ0n) is 13.0. The number of primary amides is 1. The monoisotopic (exact) mass is 382 g/mol. The molecule has 1 aliphatic carbocycles. The van der Waals surface area contributed by atoms with E-state index in [2.05, 4.69) is 12.2 Å². The van der Waals surface area contributed by atoms with E-state index in [1.807, 2.05) is 0 Å². The average Bonchev–Trinajstić information content (AvgIpc) is 2.83. The minimum Gasteiger partial charge on any atom is -0.365 e. The second-order valence-electron chi connectivity index (χ2n) is 6.00. The van der Waals surface area contributed by atoms with Crippen molar-refractivity contribution in [1.29, 1.82) is 0 Å². The minimum absolute atomic E-state index is 0.260. The number of thiophene rings is 1. The van der Waals surface area contributed by atoms with Gasteiger partial charge in [-0.2, -0.15) is 0 Å². The van der Waals surface area contributed by atoms with Crippen molar-refractivity contribution in [3.8, 4) is 0 Å². The summed E-state index contributed by atoms with van der Waals surface area (Å²) in [6, 6.07) is 4.66. The van der Waals surface area contributed by atoms with Gasteiger partial charge in [0.15, 0.2) is 0 Å². The number of nitrogens with two attached hydrogens (primary N) is 1. The smallest absolute Gasteiger partial charge is 0.257 e. The molecule has 1 atom stereocenters. The maximum absolute atomic E-state index is 12.5. The quantitative estimate of drug-likeness (QED) is 0.817. The van der Waals surface area contributed by atoms with Gasteiger partial charge in [0.05, 0.1) is 16.1 Å². The van der Waals surface area contributed by atoms with Gasteiger partial charge in [0.1, 0.15) is 5.00 Å². The summed E-state index contributed by atoms with van der Waals surface area (Å²) in [5, 5.41) is 4.00. The van der Waals surface area contributed by atoms with E-state index in [0.717, 1.165) is 29.7 Å². The van der Waals surface area contributed by atoms with E-state index in [-0.39, 0.29) is 10.9 Å². The van der Waals surface area contributed by atoms with Crippen LogP contribution in [0.25, 0.3) is 0 Å². The summed E-state index contributed by atoms with van der Waals surface area (Å²) >= 11 is 13.4. The number of carbonyl (C=O) groups is 2. The zero-order chi connectivity index (χ0) is 17.4. The molecule has 1 heterocycles. The standard InChI is InChI=1S/C17H16Cl2N2O2S/c1-8-2-4-11-13(6-8)24-17(14(11)15(20)22)21-16(23)10-5-3-9(18)7-12(10)19/h3,5,7-8H,2,4,6H2,1H3,(H2,20,22)(H,21,23)/t8-/m0/s1. The molecule has 3 N–H and O–H groups in total. The van der Waals surface area contributed by atoms with Crippen LogP contribution in [0.4, 0.5) is 5.00 Å². The first-order chi connectivity index (χ1) is 11.4. The van der Waals surface area contributed by atoms with Gasteiger partial charge in [-0.1, -0.05) is 30.1 Å². The van der Waals surface area contributed by atoms with Gasteiger partial charge in [-0.15, -0.1) is 11.3 Å². The third-order valence-corrected chi connectivity index (χ3v) is 5.88. The Kier molecular flexibility index (Phi) is 4.85. The van der Waals surface area contributed by atoms with Crippen LogP contribution in [-0.4, -0.2) is 11.8 Å². The van der Waals surface area contributed by atoms with Gasteiger partial charge < -0.3 is 11.1 Å². The van der Waals surface area contributed by atoms with E-state index in [4.69, 9.17) is 28.9 Å². The summed E-state index contributed by atoms with van der Waals surface area (Å²) in [7, 11) is 0. The third-order valence-electron chi connectivity index (χ3n) is 4.16. The van der Waals surface area contributed by atoms with Crippen LogP contribution >= 0.6 is 34.5 Å². The summed E-state index contributed by atoms with van der Waals surface area (Å²) in [4.78, 5) is 25.5. The Hall–Kier alpha value is -1.56. The molecule has 7 heteroatoms. The van der Waals surface area contributed by atoms with Crippen LogP contribution < -0.4 is 11.1 Å². The number of benzene rings is 1. The molecule has 1 aromatic carbocycles. The molecule has 0 saturated carbocycles. The van der Waals surface area contributed by atoms with E-state index in [9.17, 15) is 9.59 Å². The SMILES string of the molecule is C[C@H]1CCc2c(sc(NC(=O)c3ccc(Cl)cc3Cl)c2C(N)=O)C1. The lowest BCUT2D eigenvalue weighted by molar-refractivity contribution is 0.1000. The van der Waals surface area contributed by atoms with E-state index in [0.29, 0.717) is 27.1 Å². The van der Waals surface area contributed by atoms with Crippen LogP contribution in [0.3, 0.4) is 0 Å². The van der Waals surface area contributed by atoms with Crippen molar-refractivity contribution in [2.24, 2.45) is 11.7 Å². The van der Waals surface area contributed by atoms with Gasteiger partial charge in [-0.3, -0.25) is 9.59 Å². The van der Waals surface area contributed by atoms with E-state index in [1.54, 1.807) is 12.1 Å².